The molecule has 0 saturated carbocycles. The summed E-state index contributed by atoms with van der Waals surface area (Å²) in [4.78, 5) is 31.7. The van der Waals surface area contributed by atoms with Gasteiger partial charge in [0.1, 0.15) is 0 Å². The fraction of sp³-hybridized carbons (Fsp3) is 0.208. The molecule has 1 aromatic heterocycles. The average molecular weight is 420 g/mol. The number of hydrogen-bond donors (Lipinski definition) is 1. The highest BCUT2D eigenvalue weighted by atomic mass is 35.5. The van der Waals surface area contributed by atoms with Crippen molar-refractivity contribution in [3.63, 3.8) is 0 Å². The normalized spacial score (nSPS) is 14.4. The first-order valence-corrected chi connectivity index (χ1v) is 10.3. The molecule has 1 aliphatic heterocycles. The Hall–Kier alpha value is -3.18. The minimum atomic E-state index is -0.120. The number of rotatable bonds is 4. The van der Waals surface area contributed by atoms with Crippen LogP contribution in [0, 0.1) is 5.92 Å². The lowest BCUT2D eigenvalue weighted by atomic mass is 9.95. The Morgan fingerprint density at radius 3 is 2.47 bits per heavy atom. The first kappa shape index (κ1) is 20.1. The van der Waals surface area contributed by atoms with E-state index in [-0.39, 0.29) is 17.7 Å². The number of halogens is 1. The summed E-state index contributed by atoms with van der Waals surface area (Å²) in [5.41, 5.74) is 3.06. The number of hydrogen-bond acceptors (Lipinski definition) is 3. The largest absolute Gasteiger partial charge is 0.339 e. The number of carbonyl (C=O) groups is 2. The number of amides is 2. The van der Waals surface area contributed by atoms with Gasteiger partial charge in [-0.15, -0.1) is 0 Å². The van der Waals surface area contributed by atoms with Crippen LogP contribution in [0.5, 0.6) is 0 Å². The highest BCUT2D eigenvalue weighted by Gasteiger charge is 2.28. The number of carbonyl (C=O) groups excluding carboxylic acids is 2. The third-order valence-electron chi connectivity index (χ3n) is 5.32. The average Bonchev–Trinajstić information content (AvgIpc) is 2.79. The number of aromatic nitrogens is 1. The van der Waals surface area contributed by atoms with Crippen molar-refractivity contribution >= 4 is 29.1 Å². The lowest BCUT2D eigenvalue weighted by Crippen LogP contribution is -2.41. The Kier molecular flexibility index (Phi) is 6.10. The zero-order chi connectivity index (χ0) is 20.9. The van der Waals surface area contributed by atoms with Gasteiger partial charge < -0.3 is 10.2 Å². The van der Waals surface area contributed by atoms with Gasteiger partial charge in [0.15, 0.2) is 0 Å². The van der Waals surface area contributed by atoms with E-state index in [2.05, 4.69) is 10.3 Å². The van der Waals surface area contributed by atoms with Crippen LogP contribution in [0.1, 0.15) is 23.2 Å². The monoisotopic (exact) mass is 419 g/mol. The van der Waals surface area contributed by atoms with E-state index in [1.807, 2.05) is 47.4 Å². The zero-order valence-corrected chi connectivity index (χ0v) is 17.2. The van der Waals surface area contributed by atoms with Gasteiger partial charge >= 0.3 is 0 Å². The number of anilines is 1. The minimum Gasteiger partial charge on any atom is -0.339 e. The molecule has 2 amide bonds. The first-order valence-electron chi connectivity index (χ1n) is 9.97. The third kappa shape index (κ3) is 4.69. The van der Waals surface area contributed by atoms with E-state index in [1.165, 1.54) is 0 Å². The number of piperidine rings is 1. The van der Waals surface area contributed by atoms with Gasteiger partial charge in [-0.25, -0.2) is 0 Å². The predicted octanol–water partition coefficient (Wildman–Crippen LogP) is 4.89. The standard InChI is InChI=1S/C24H22ClN3O2/c25-20-7-4-8-21(16-20)27-23(29)18-10-13-28(14-11-18)24(30)19-9-12-26-22(15-19)17-5-2-1-3-6-17/h1-9,12,15-16,18H,10-11,13-14H2,(H,27,29). The molecule has 0 aliphatic carbocycles. The van der Waals surface area contributed by atoms with E-state index in [9.17, 15) is 9.59 Å². The van der Waals surface area contributed by atoms with Crippen LogP contribution in [0.25, 0.3) is 11.3 Å². The highest BCUT2D eigenvalue weighted by Crippen LogP contribution is 2.23. The molecule has 2 heterocycles. The summed E-state index contributed by atoms with van der Waals surface area (Å²) < 4.78 is 0. The summed E-state index contributed by atoms with van der Waals surface area (Å²) in [6.07, 6.45) is 2.93. The van der Waals surface area contributed by atoms with Crippen molar-refractivity contribution in [1.29, 1.82) is 0 Å². The van der Waals surface area contributed by atoms with Crippen LogP contribution >= 0.6 is 11.6 Å². The van der Waals surface area contributed by atoms with Crippen molar-refractivity contribution in [1.82, 2.24) is 9.88 Å². The van der Waals surface area contributed by atoms with Crippen LogP contribution in [-0.2, 0) is 4.79 Å². The summed E-state index contributed by atoms with van der Waals surface area (Å²) >= 11 is 5.98. The van der Waals surface area contributed by atoms with Crippen molar-refractivity contribution in [2.75, 3.05) is 18.4 Å². The van der Waals surface area contributed by atoms with E-state index in [1.54, 1.807) is 30.5 Å². The first-order chi connectivity index (χ1) is 14.6. The second-order valence-corrected chi connectivity index (χ2v) is 7.80. The SMILES string of the molecule is O=C(Nc1cccc(Cl)c1)C1CCN(C(=O)c2ccnc(-c3ccccc3)c2)CC1. The topological polar surface area (TPSA) is 62.3 Å². The lowest BCUT2D eigenvalue weighted by Gasteiger charge is -2.31. The molecular weight excluding hydrogens is 398 g/mol. The number of benzene rings is 2. The molecule has 1 aliphatic rings. The van der Waals surface area contributed by atoms with Gasteiger partial charge in [0.25, 0.3) is 5.91 Å². The molecule has 3 aromatic rings. The van der Waals surface area contributed by atoms with E-state index in [0.717, 1.165) is 11.3 Å². The molecule has 0 unspecified atom stereocenters. The minimum absolute atomic E-state index is 0.0247. The summed E-state index contributed by atoms with van der Waals surface area (Å²) in [7, 11) is 0. The molecule has 2 aromatic carbocycles. The fourth-order valence-corrected chi connectivity index (χ4v) is 3.86. The van der Waals surface area contributed by atoms with Gasteiger partial charge in [0.05, 0.1) is 5.69 Å². The Morgan fingerprint density at radius 1 is 0.967 bits per heavy atom. The third-order valence-corrected chi connectivity index (χ3v) is 5.56. The number of pyridine rings is 1. The summed E-state index contributed by atoms with van der Waals surface area (Å²) in [6.45, 7) is 1.10. The second-order valence-electron chi connectivity index (χ2n) is 7.36. The Labute approximate surface area is 180 Å². The van der Waals surface area contributed by atoms with Crippen molar-refractivity contribution < 1.29 is 9.59 Å². The fourth-order valence-electron chi connectivity index (χ4n) is 3.67. The predicted molar refractivity (Wildman–Crippen MR) is 118 cm³/mol. The van der Waals surface area contributed by atoms with E-state index in [4.69, 9.17) is 11.6 Å². The van der Waals surface area contributed by atoms with E-state index < -0.39 is 0 Å². The molecule has 1 fully saturated rings. The molecule has 0 atom stereocenters. The maximum Gasteiger partial charge on any atom is 0.253 e. The number of likely N-dealkylation sites (tertiary alicyclic amines) is 1. The van der Waals surface area contributed by atoms with Crippen LogP contribution in [-0.4, -0.2) is 34.8 Å². The van der Waals surface area contributed by atoms with Crippen LogP contribution in [0.2, 0.25) is 5.02 Å². The van der Waals surface area contributed by atoms with Crippen LogP contribution < -0.4 is 5.32 Å². The van der Waals surface area contributed by atoms with Crippen molar-refractivity contribution in [2.24, 2.45) is 5.92 Å². The Balaban J connectivity index is 1.37. The van der Waals surface area contributed by atoms with Crippen molar-refractivity contribution in [3.8, 4) is 11.3 Å². The molecule has 0 spiro atoms. The summed E-state index contributed by atoms with van der Waals surface area (Å²) in [5.74, 6) is -0.173. The molecular formula is C24H22ClN3O2. The quantitative estimate of drug-likeness (QED) is 0.654. The van der Waals surface area contributed by atoms with E-state index in [0.29, 0.717) is 42.2 Å². The molecule has 4 rings (SSSR count). The molecule has 5 nitrogen and oxygen atoms in total. The molecule has 1 N–H and O–H groups in total. The molecule has 152 valence electrons. The summed E-state index contributed by atoms with van der Waals surface area (Å²) in [5, 5.41) is 3.50. The van der Waals surface area contributed by atoms with Crippen molar-refractivity contribution in [2.45, 2.75) is 12.8 Å². The van der Waals surface area contributed by atoms with Crippen LogP contribution in [0.4, 0.5) is 5.69 Å². The van der Waals surface area contributed by atoms with Crippen LogP contribution in [0.3, 0.4) is 0 Å². The summed E-state index contributed by atoms with van der Waals surface area (Å²) in [6, 6.07) is 20.5. The maximum atomic E-state index is 13.0. The van der Waals surface area contributed by atoms with Gasteiger partial charge in [-0.05, 0) is 43.2 Å². The van der Waals surface area contributed by atoms with Crippen molar-refractivity contribution in [3.05, 3.63) is 83.5 Å². The van der Waals surface area contributed by atoms with Gasteiger partial charge in [0.2, 0.25) is 5.91 Å². The Bertz CT molecular complexity index is 1050. The highest BCUT2D eigenvalue weighted by molar-refractivity contribution is 6.30. The van der Waals surface area contributed by atoms with Gasteiger partial charge in [-0.3, -0.25) is 14.6 Å². The molecule has 6 heteroatoms. The van der Waals surface area contributed by atoms with Gasteiger partial charge in [0, 0.05) is 47.0 Å². The van der Waals surface area contributed by atoms with E-state index >= 15 is 0 Å². The number of nitrogens with zero attached hydrogens (tertiary/aromatic N) is 2. The molecule has 1 saturated heterocycles. The number of nitrogens with one attached hydrogen (secondary N) is 1. The maximum absolute atomic E-state index is 13.0. The lowest BCUT2D eigenvalue weighted by molar-refractivity contribution is -0.121. The zero-order valence-electron chi connectivity index (χ0n) is 16.4. The smallest absolute Gasteiger partial charge is 0.253 e. The van der Waals surface area contributed by atoms with Gasteiger partial charge in [-0.2, -0.15) is 0 Å². The molecule has 0 bridgehead atoms. The molecule has 0 radical (unpaired) electrons. The Morgan fingerprint density at radius 2 is 1.73 bits per heavy atom. The van der Waals surface area contributed by atoms with Gasteiger partial charge in [-0.1, -0.05) is 48.0 Å². The molecule has 30 heavy (non-hydrogen) atoms. The second kappa shape index (κ2) is 9.09. The van der Waals surface area contributed by atoms with Crippen LogP contribution in [0.15, 0.2) is 72.9 Å².